The summed E-state index contributed by atoms with van der Waals surface area (Å²) in [6, 6.07) is 2.24. The molecule has 2 aliphatic rings. The van der Waals surface area contributed by atoms with Crippen LogP contribution in [0.25, 0.3) is 0 Å². The standard InChI is InChI=1S/C16H23BrN2/c1-11-5-13(8-17)9-18-16(11)19(2)10-15-7-12-3-4-14(15)6-12/h5,9,12,14-15H,3-4,6-8,10H2,1-2H3. The first-order chi connectivity index (χ1) is 9.17. The van der Waals surface area contributed by atoms with E-state index in [0.29, 0.717) is 0 Å². The zero-order valence-electron chi connectivity index (χ0n) is 11.9. The molecule has 0 radical (unpaired) electrons. The number of aromatic nitrogens is 1. The molecule has 3 unspecified atom stereocenters. The summed E-state index contributed by atoms with van der Waals surface area (Å²) in [5.41, 5.74) is 2.55. The predicted octanol–water partition coefficient (Wildman–Crippen LogP) is 4.16. The minimum atomic E-state index is 0.886. The fraction of sp³-hybridized carbons (Fsp3) is 0.688. The van der Waals surface area contributed by atoms with Gasteiger partial charge in [-0.25, -0.2) is 4.98 Å². The molecular formula is C16H23BrN2. The van der Waals surface area contributed by atoms with Crippen molar-refractivity contribution in [2.24, 2.45) is 17.8 Å². The first-order valence-electron chi connectivity index (χ1n) is 7.40. The zero-order chi connectivity index (χ0) is 13.4. The van der Waals surface area contributed by atoms with Gasteiger partial charge in [-0.1, -0.05) is 28.4 Å². The molecule has 2 fully saturated rings. The molecule has 3 atom stereocenters. The van der Waals surface area contributed by atoms with E-state index in [4.69, 9.17) is 0 Å². The van der Waals surface area contributed by atoms with Crippen molar-refractivity contribution in [3.63, 3.8) is 0 Å². The van der Waals surface area contributed by atoms with Crippen LogP contribution in [0.15, 0.2) is 12.3 Å². The maximum atomic E-state index is 4.65. The Morgan fingerprint density at radius 3 is 2.79 bits per heavy atom. The average molecular weight is 323 g/mol. The Bertz CT molecular complexity index is 460. The van der Waals surface area contributed by atoms with Crippen LogP contribution in [0.2, 0.25) is 0 Å². The van der Waals surface area contributed by atoms with Crippen molar-refractivity contribution >= 4 is 21.7 Å². The summed E-state index contributed by atoms with van der Waals surface area (Å²) in [6.45, 7) is 3.36. The molecule has 104 valence electrons. The van der Waals surface area contributed by atoms with Gasteiger partial charge in [0.25, 0.3) is 0 Å². The van der Waals surface area contributed by atoms with E-state index in [1.807, 2.05) is 6.20 Å². The highest BCUT2D eigenvalue weighted by Gasteiger charge is 2.39. The number of rotatable bonds is 4. The van der Waals surface area contributed by atoms with Gasteiger partial charge in [-0.15, -0.1) is 0 Å². The first kappa shape index (κ1) is 13.4. The maximum absolute atomic E-state index is 4.65. The summed E-state index contributed by atoms with van der Waals surface area (Å²) in [4.78, 5) is 7.02. The van der Waals surface area contributed by atoms with Gasteiger partial charge in [0.1, 0.15) is 5.82 Å². The third-order valence-corrected chi connectivity index (χ3v) is 5.66. The zero-order valence-corrected chi connectivity index (χ0v) is 13.5. The van der Waals surface area contributed by atoms with E-state index in [-0.39, 0.29) is 0 Å². The Hall–Kier alpha value is -0.570. The van der Waals surface area contributed by atoms with Crippen molar-refractivity contribution in [1.29, 1.82) is 0 Å². The number of alkyl halides is 1. The van der Waals surface area contributed by atoms with Crippen molar-refractivity contribution in [3.8, 4) is 0 Å². The highest BCUT2D eigenvalue weighted by atomic mass is 79.9. The topological polar surface area (TPSA) is 16.1 Å². The molecule has 1 aromatic heterocycles. The number of hydrogen-bond donors (Lipinski definition) is 0. The fourth-order valence-electron chi connectivity index (χ4n) is 4.14. The number of hydrogen-bond acceptors (Lipinski definition) is 2. The molecule has 1 heterocycles. The van der Waals surface area contributed by atoms with Crippen LogP contribution in [0.1, 0.15) is 36.8 Å². The molecule has 1 aromatic rings. The van der Waals surface area contributed by atoms with E-state index in [2.05, 4.69) is 45.9 Å². The lowest BCUT2D eigenvalue weighted by Gasteiger charge is -2.28. The largest absolute Gasteiger partial charge is 0.359 e. The molecule has 0 saturated heterocycles. The Labute approximate surface area is 124 Å². The molecule has 2 nitrogen and oxygen atoms in total. The number of fused-ring (bicyclic) bond motifs is 2. The van der Waals surface area contributed by atoms with Crippen LogP contribution in [-0.2, 0) is 5.33 Å². The Morgan fingerprint density at radius 1 is 1.37 bits per heavy atom. The van der Waals surface area contributed by atoms with E-state index in [0.717, 1.165) is 28.9 Å². The summed E-state index contributed by atoms with van der Waals surface area (Å²) < 4.78 is 0. The van der Waals surface area contributed by atoms with E-state index in [9.17, 15) is 0 Å². The molecule has 2 saturated carbocycles. The molecule has 3 heteroatoms. The molecule has 2 aliphatic carbocycles. The third kappa shape index (κ3) is 2.67. The van der Waals surface area contributed by atoms with Gasteiger partial charge in [-0.3, -0.25) is 0 Å². The van der Waals surface area contributed by atoms with Gasteiger partial charge < -0.3 is 4.90 Å². The van der Waals surface area contributed by atoms with Gasteiger partial charge in [-0.05, 0) is 55.1 Å². The van der Waals surface area contributed by atoms with Gasteiger partial charge in [0.05, 0.1) is 0 Å². The monoisotopic (exact) mass is 322 g/mol. The van der Waals surface area contributed by atoms with Crippen molar-refractivity contribution in [3.05, 3.63) is 23.4 Å². The summed E-state index contributed by atoms with van der Waals surface area (Å²) in [7, 11) is 2.20. The average Bonchev–Trinajstić information content (AvgIpc) is 3.00. The quantitative estimate of drug-likeness (QED) is 0.774. The lowest BCUT2D eigenvalue weighted by atomic mass is 9.88. The summed E-state index contributed by atoms with van der Waals surface area (Å²) in [5, 5.41) is 0.886. The van der Waals surface area contributed by atoms with Gasteiger partial charge >= 0.3 is 0 Å². The minimum Gasteiger partial charge on any atom is -0.359 e. The van der Waals surface area contributed by atoms with Crippen LogP contribution in [0, 0.1) is 24.7 Å². The smallest absolute Gasteiger partial charge is 0.131 e. The van der Waals surface area contributed by atoms with Crippen LogP contribution in [0.3, 0.4) is 0 Å². The minimum absolute atomic E-state index is 0.886. The summed E-state index contributed by atoms with van der Waals surface area (Å²) in [5.74, 6) is 4.09. The van der Waals surface area contributed by atoms with Crippen LogP contribution < -0.4 is 4.90 Å². The van der Waals surface area contributed by atoms with Crippen LogP contribution in [0.5, 0.6) is 0 Å². The second-order valence-corrected chi connectivity index (χ2v) is 6.99. The van der Waals surface area contributed by atoms with Crippen LogP contribution in [-0.4, -0.2) is 18.6 Å². The highest BCUT2D eigenvalue weighted by molar-refractivity contribution is 9.08. The molecule has 0 spiro atoms. The molecule has 0 amide bonds. The van der Waals surface area contributed by atoms with Crippen molar-refractivity contribution in [1.82, 2.24) is 4.98 Å². The van der Waals surface area contributed by atoms with Crippen LogP contribution >= 0.6 is 15.9 Å². The van der Waals surface area contributed by atoms with Gasteiger partial charge in [0, 0.05) is 25.1 Å². The van der Waals surface area contributed by atoms with Crippen molar-refractivity contribution < 1.29 is 0 Å². The van der Waals surface area contributed by atoms with Gasteiger partial charge in [-0.2, -0.15) is 0 Å². The lowest BCUT2D eigenvalue weighted by molar-refractivity contribution is 0.337. The molecule has 0 N–H and O–H groups in total. The van der Waals surface area contributed by atoms with E-state index in [1.54, 1.807) is 0 Å². The predicted molar refractivity (Wildman–Crippen MR) is 83.8 cm³/mol. The van der Waals surface area contributed by atoms with Gasteiger partial charge in [0.2, 0.25) is 0 Å². The number of aryl methyl sites for hydroxylation is 1. The van der Waals surface area contributed by atoms with E-state index < -0.39 is 0 Å². The number of nitrogens with zero attached hydrogens (tertiary/aromatic N) is 2. The SMILES string of the molecule is Cc1cc(CBr)cnc1N(C)CC1CC2CCC1C2. The Balaban J connectivity index is 1.68. The molecule has 19 heavy (non-hydrogen) atoms. The molecule has 0 aromatic carbocycles. The maximum Gasteiger partial charge on any atom is 0.131 e. The molecule has 3 rings (SSSR count). The number of anilines is 1. The summed E-state index contributed by atoms with van der Waals surface area (Å²) in [6.07, 6.45) is 7.90. The van der Waals surface area contributed by atoms with E-state index in [1.165, 1.54) is 43.4 Å². The molecule has 2 bridgehead atoms. The number of halogens is 1. The summed E-state index contributed by atoms with van der Waals surface area (Å²) >= 11 is 3.49. The van der Waals surface area contributed by atoms with Crippen molar-refractivity contribution in [2.45, 2.75) is 37.9 Å². The second kappa shape index (κ2) is 5.43. The normalized spacial score (nSPS) is 28.9. The first-order valence-corrected chi connectivity index (χ1v) is 8.52. The highest BCUT2D eigenvalue weighted by Crippen LogP contribution is 2.48. The second-order valence-electron chi connectivity index (χ2n) is 6.43. The van der Waals surface area contributed by atoms with Crippen LogP contribution in [0.4, 0.5) is 5.82 Å². The van der Waals surface area contributed by atoms with E-state index >= 15 is 0 Å². The van der Waals surface area contributed by atoms with Crippen molar-refractivity contribution in [2.75, 3.05) is 18.5 Å². The molecular weight excluding hydrogens is 300 g/mol. The Kier molecular flexibility index (Phi) is 3.84. The molecule has 0 aliphatic heterocycles. The number of pyridine rings is 1. The van der Waals surface area contributed by atoms with Gasteiger partial charge in [0.15, 0.2) is 0 Å². The fourth-order valence-corrected chi connectivity index (χ4v) is 4.44. The lowest BCUT2D eigenvalue weighted by Crippen LogP contribution is -2.29. The Morgan fingerprint density at radius 2 is 2.21 bits per heavy atom. The third-order valence-electron chi connectivity index (χ3n) is 5.02.